The molecule has 0 bridgehead atoms. The Morgan fingerprint density at radius 3 is 2.86 bits per heavy atom. The van der Waals surface area contributed by atoms with Gasteiger partial charge >= 0.3 is 5.69 Å². The zero-order valence-corrected chi connectivity index (χ0v) is 12.0. The standard InChI is InChI=1S/C14H18N4O3/c1-10(2)21-13-9-11(3-4-12(13)18(19)20)17-8-7-16-14(17)5-6-15/h3-4,7-10H,5-6,15H2,1-2H3. The van der Waals surface area contributed by atoms with Gasteiger partial charge in [0.05, 0.1) is 16.7 Å². The van der Waals surface area contributed by atoms with Gasteiger partial charge in [-0.2, -0.15) is 0 Å². The molecule has 0 aliphatic rings. The predicted octanol–water partition coefficient (Wildman–Crippen LogP) is 2.07. The van der Waals surface area contributed by atoms with Gasteiger partial charge in [0.2, 0.25) is 0 Å². The van der Waals surface area contributed by atoms with Gasteiger partial charge in [-0.25, -0.2) is 4.98 Å². The second kappa shape index (κ2) is 6.36. The van der Waals surface area contributed by atoms with Gasteiger partial charge in [-0.1, -0.05) is 0 Å². The molecule has 0 spiro atoms. The van der Waals surface area contributed by atoms with Crippen molar-refractivity contribution in [3.63, 3.8) is 0 Å². The molecule has 0 amide bonds. The molecule has 1 aromatic heterocycles. The molecule has 1 aromatic carbocycles. The first-order valence-corrected chi connectivity index (χ1v) is 6.70. The molecule has 1 heterocycles. The monoisotopic (exact) mass is 290 g/mol. The van der Waals surface area contributed by atoms with Crippen LogP contribution in [0.2, 0.25) is 0 Å². The first kappa shape index (κ1) is 15.0. The molecule has 0 unspecified atom stereocenters. The lowest BCUT2D eigenvalue weighted by Crippen LogP contribution is -2.10. The number of imidazole rings is 1. The number of nitrogens with two attached hydrogens (primary N) is 1. The highest BCUT2D eigenvalue weighted by atomic mass is 16.6. The Hall–Kier alpha value is -2.41. The molecule has 21 heavy (non-hydrogen) atoms. The van der Waals surface area contributed by atoms with E-state index in [0.717, 1.165) is 11.5 Å². The van der Waals surface area contributed by atoms with Gasteiger partial charge in [0.1, 0.15) is 5.82 Å². The quantitative estimate of drug-likeness (QED) is 0.649. The van der Waals surface area contributed by atoms with Crippen LogP contribution in [0, 0.1) is 10.1 Å². The van der Waals surface area contributed by atoms with Crippen molar-refractivity contribution in [1.29, 1.82) is 0 Å². The number of benzene rings is 1. The number of ether oxygens (including phenoxy) is 1. The molecule has 0 aliphatic heterocycles. The fourth-order valence-electron chi connectivity index (χ4n) is 2.04. The van der Waals surface area contributed by atoms with Crippen molar-refractivity contribution in [2.75, 3.05) is 6.54 Å². The number of hydrogen-bond acceptors (Lipinski definition) is 5. The van der Waals surface area contributed by atoms with E-state index >= 15 is 0 Å². The highest BCUT2D eigenvalue weighted by Gasteiger charge is 2.18. The van der Waals surface area contributed by atoms with Crippen LogP contribution >= 0.6 is 0 Å². The van der Waals surface area contributed by atoms with Crippen LogP contribution in [-0.4, -0.2) is 27.1 Å². The van der Waals surface area contributed by atoms with Crippen LogP contribution in [0.1, 0.15) is 19.7 Å². The number of aromatic nitrogens is 2. The molecule has 0 saturated carbocycles. The minimum absolute atomic E-state index is 0.0482. The van der Waals surface area contributed by atoms with Crippen LogP contribution in [0.15, 0.2) is 30.6 Å². The van der Waals surface area contributed by atoms with Crippen molar-refractivity contribution in [3.8, 4) is 11.4 Å². The van der Waals surface area contributed by atoms with E-state index in [-0.39, 0.29) is 17.5 Å². The van der Waals surface area contributed by atoms with Crippen molar-refractivity contribution >= 4 is 5.69 Å². The van der Waals surface area contributed by atoms with Crippen molar-refractivity contribution in [2.24, 2.45) is 5.73 Å². The van der Waals surface area contributed by atoms with Crippen molar-refractivity contribution in [2.45, 2.75) is 26.4 Å². The third kappa shape index (κ3) is 3.38. The van der Waals surface area contributed by atoms with E-state index in [9.17, 15) is 10.1 Å². The summed E-state index contributed by atoms with van der Waals surface area (Å²) in [4.78, 5) is 14.9. The van der Waals surface area contributed by atoms with Crippen LogP contribution in [0.5, 0.6) is 5.75 Å². The first-order chi connectivity index (χ1) is 10.0. The fraction of sp³-hybridized carbons (Fsp3) is 0.357. The zero-order chi connectivity index (χ0) is 15.4. The summed E-state index contributed by atoms with van der Waals surface area (Å²) in [6.07, 6.45) is 3.95. The van der Waals surface area contributed by atoms with Gasteiger partial charge in [0.15, 0.2) is 5.75 Å². The maximum absolute atomic E-state index is 11.1. The van der Waals surface area contributed by atoms with Crippen molar-refractivity contribution < 1.29 is 9.66 Å². The fourth-order valence-corrected chi connectivity index (χ4v) is 2.04. The maximum atomic E-state index is 11.1. The molecule has 0 aliphatic carbocycles. The smallest absolute Gasteiger partial charge is 0.311 e. The van der Waals surface area contributed by atoms with Gasteiger partial charge in [-0.3, -0.25) is 10.1 Å². The third-order valence-electron chi connectivity index (χ3n) is 2.87. The highest BCUT2D eigenvalue weighted by Crippen LogP contribution is 2.30. The molecule has 0 fully saturated rings. The third-order valence-corrected chi connectivity index (χ3v) is 2.87. The summed E-state index contributed by atoms with van der Waals surface area (Å²) >= 11 is 0. The van der Waals surface area contributed by atoms with E-state index < -0.39 is 4.92 Å². The molecule has 0 atom stereocenters. The normalized spacial score (nSPS) is 10.9. The summed E-state index contributed by atoms with van der Waals surface area (Å²) < 4.78 is 7.40. The Kier molecular flexibility index (Phi) is 4.54. The van der Waals surface area contributed by atoms with E-state index in [2.05, 4.69) is 4.98 Å². The lowest BCUT2D eigenvalue weighted by atomic mass is 10.2. The van der Waals surface area contributed by atoms with E-state index in [0.29, 0.717) is 13.0 Å². The van der Waals surface area contributed by atoms with E-state index in [4.69, 9.17) is 10.5 Å². The van der Waals surface area contributed by atoms with Gasteiger partial charge in [-0.15, -0.1) is 0 Å². The second-order valence-corrected chi connectivity index (χ2v) is 4.83. The summed E-state index contributed by atoms with van der Waals surface area (Å²) in [5.41, 5.74) is 6.27. The van der Waals surface area contributed by atoms with Gasteiger partial charge in [-0.05, 0) is 26.5 Å². The molecule has 7 heteroatoms. The number of rotatable bonds is 6. The van der Waals surface area contributed by atoms with Gasteiger partial charge < -0.3 is 15.0 Å². The van der Waals surface area contributed by atoms with Gasteiger partial charge in [0.25, 0.3) is 0 Å². The van der Waals surface area contributed by atoms with E-state index in [1.165, 1.54) is 6.07 Å². The molecular formula is C14H18N4O3. The van der Waals surface area contributed by atoms with Crippen LogP contribution in [0.25, 0.3) is 5.69 Å². The van der Waals surface area contributed by atoms with Crippen molar-refractivity contribution in [3.05, 3.63) is 46.5 Å². The Morgan fingerprint density at radius 1 is 1.48 bits per heavy atom. The SMILES string of the molecule is CC(C)Oc1cc(-n2ccnc2CCN)ccc1[N+](=O)[O-]. The van der Waals surface area contributed by atoms with E-state index in [1.54, 1.807) is 24.5 Å². The lowest BCUT2D eigenvalue weighted by molar-refractivity contribution is -0.386. The van der Waals surface area contributed by atoms with E-state index in [1.807, 2.05) is 18.4 Å². The average molecular weight is 290 g/mol. The second-order valence-electron chi connectivity index (χ2n) is 4.83. The Labute approximate surface area is 122 Å². The lowest BCUT2D eigenvalue weighted by Gasteiger charge is -2.13. The largest absolute Gasteiger partial charge is 0.484 e. The summed E-state index contributed by atoms with van der Waals surface area (Å²) in [6.45, 7) is 4.14. The molecule has 0 saturated heterocycles. The Balaban J connectivity index is 2.45. The summed E-state index contributed by atoms with van der Waals surface area (Å²) in [6, 6.07) is 4.77. The minimum atomic E-state index is -0.448. The Bertz CT molecular complexity index is 637. The topological polar surface area (TPSA) is 96.2 Å². The number of nitrogens with zero attached hydrogens (tertiary/aromatic N) is 3. The van der Waals surface area contributed by atoms with Gasteiger partial charge in [0, 0.05) is 30.9 Å². The minimum Gasteiger partial charge on any atom is -0.484 e. The average Bonchev–Trinajstić information content (AvgIpc) is 2.86. The molecular weight excluding hydrogens is 272 g/mol. The van der Waals surface area contributed by atoms with Crippen molar-refractivity contribution in [1.82, 2.24) is 9.55 Å². The summed E-state index contributed by atoms with van der Waals surface area (Å²) in [5, 5.41) is 11.1. The summed E-state index contributed by atoms with van der Waals surface area (Å²) in [5.74, 6) is 1.06. The molecule has 2 aromatic rings. The molecule has 2 N–H and O–H groups in total. The number of nitro groups is 1. The predicted molar refractivity (Wildman–Crippen MR) is 78.7 cm³/mol. The number of hydrogen-bond donors (Lipinski definition) is 1. The molecule has 7 nitrogen and oxygen atoms in total. The summed E-state index contributed by atoms with van der Waals surface area (Å²) in [7, 11) is 0. The molecule has 0 radical (unpaired) electrons. The van der Waals surface area contributed by atoms with Crippen LogP contribution in [-0.2, 0) is 6.42 Å². The zero-order valence-electron chi connectivity index (χ0n) is 12.0. The number of nitro benzene ring substituents is 1. The van der Waals surface area contributed by atoms with Crippen LogP contribution < -0.4 is 10.5 Å². The molecule has 2 rings (SSSR count). The Morgan fingerprint density at radius 2 is 2.24 bits per heavy atom. The maximum Gasteiger partial charge on any atom is 0.311 e. The molecule has 112 valence electrons. The highest BCUT2D eigenvalue weighted by molar-refractivity contribution is 5.53. The first-order valence-electron chi connectivity index (χ1n) is 6.70. The van der Waals surface area contributed by atoms with Crippen LogP contribution in [0.4, 0.5) is 5.69 Å². The van der Waals surface area contributed by atoms with Crippen LogP contribution in [0.3, 0.4) is 0 Å².